The summed E-state index contributed by atoms with van der Waals surface area (Å²) in [6, 6.07) is 4.38. The van der Waals surface area contributed by atoms with Gasteiger partial charge in [0, 0.05) is 25.4 Å². The standard InChI is InChI=1S/C13H22N2O4S/c1-10(2)15(7-8-18-3)20(16,17)13-9-11(14)5-6-12(13)19-4/h5-6,9-10H,7-8,14H2,1-4H3. The van der Waals surface area contributed by atoms with E-state index in [-0.39, 0.29) is 23.2 Å². The van der Waals surface area contributed by atoms with Crippen molar-refractivity contribution < 1.29 is 17.9 Å². The van der Waals surface area contributed by atoms with Crippen LogP contribution < -0.4 is 10.5 Å². The summed E-state index contributed by atoms with van der Waals surface area (Å²) < 4.78 is 37.0. The molecule has 1 aromatic rings. The van der Waals surface area contributed by atoms with Crippen molar-refractivity contribution >= 4 is 15.7 Å². The molecule has 0 saturated carbocycles. The topological polar surface area (TPSA) is 81.9 Å². The van der Waals surface area contributed by atoms with E-state index in [1.165, 1.54) is 24.6 Å². The molecule has 20 heavy (non-hydrogen) atoms. The number of rotatable bonds is 7. The predicted octanol–water partition coefficient (Wildman–Crippen LogP) is 1.32. The van der Waals surface area contributed by atoms with E-state index < -0.39 is 10.0 Å². The number of nitrogens with two attached hydrogens (primary N) is 1. The predicted molar refractivity (Wildman–Crippen MR) is 78.3 cm³/mol. The maximum absolute atomic E-state index is 12.7. The third kappa shape index (κ3) is 3.62. The fourth-order valence-electron chi connectivity index (χ4n) is 1.86. The van der Waals surface area contributed by atoms with Crippen molar-refractivity contribution in [3.63, 3.8) is 0 Å². The fourth-order valence-corrected chi connectivity index (χ4v) is 3.67. The van der Waals surface area contributed by atoms with Crippen molar-refractivity contribution in [3.8, 4) is 5.75 Å². The maximum Gasteiger partial charge on any atom is 0.247 e. The second-order valence-electron chi connectivity index (χ2n) is 4.61. The number of ether oxygens (including phenoxy) is 2. The lowest BCUT2D eigenvalue weighted by molar-refractivity contribution is 0.170. The molecule has 0 bridgehead atoms. The highest BCUT2D eigenvalue weighted by atomic mass is 32.2. The van der Waals surface area contributed by atoms with Gasteiger partial charge in [-0.25, -0.2) is 8.42 Å². The molecule has 114 valence electrons. The number of sulfonamides is 1. The smallest absolute Gasteiger partial charge is 0.247 e. The minimum Gasteiger partial charge on any atom is -0.495 e. The number of benzene rings is 1. The van der Waals surface area contributed by atoms with Crippen molar-refractivity contribution in [3.05, 3.63) is 18.2 Å². The Labute approximate surface area is 120 Å². The molecule has 0 heterocycles. The number of methoxy groups -OCH3 is 2. The molecular weight excluding hydrogens is 280 g/mol. The molecule has 0 saturated heterocycles. The number of hydrogen-bond donors (Lipinski definition) is 1. The molecule has 0 atom stereocenters. The van der Waals surface area contributed by atoms with Crippen molar-refractivity contribution in [2.75, 3.05) is 33.1 Å². The van der Waals surface area contributed by atoms with Crippen LogP contribution in [0.1, 0.15) is 13.8 Å². The van der Waals surface area contributed by atoms with Gasteiger partial charge in [-0.2, -0.15) is 4.31 Å². The molecular formula is C13H22N2O4S. The third-order valence-electron chi connectivity index (χ3n) is 2.87. The second kappa shape index (κ2) is 6.92. The highest BCUT2D eigenvalue weighted by molar-refractivity contribution is 7.89. The van der Waals surface area contributed by atoms with Crippen LogP contribution in [0.3, 0.4) is 0 Å². The first-order valence-electron chi connectivity index (χ1n) is 6.29. The second-order valence-corrected chi connectivity index (χ2v) is 6.47. The van der Waals surface area contributed by atoms with E-state index in [1.54, 1.807) is 12.1 Å². The van der Waals surface area contributed by atoms with Gasteiger partial charge in [0.05, 0.1) is 13.7 Å². The molecule has 0 spiro atoms. The Kier molecular flexibility index (Phi) is 5.79. The van der Waals surface area contributed by atoms with Gasteiger partial charge in [0.25, 0.3) is 0 Å². The Bertz CT molecular complexity index is 543. The Morgan fingerprint density at radius 3 is 2.45 bits per heavy atom. The van der Waals surface area contributed by atoms with E-state index in [4.69, 9.17) is 15.2 Å². The van der Waals surface area contributed by atoms with Crippen LogP contribution in [0.4, 0.5) is 5.69 Å². The van der Waals surface area contributed by atoms with Gasteiger partial charge in [0.2, 0.25) is 10.0 Å². The van der Waals surface area contributed by atoms with Crippen LogP contribution in [0.2, 0.25) is 0 Å². The van der Waals surface area contributed by atoms with E-state index >= 15 is 0 Å². The third-order valence-corrected chi connectivity index (χ3v) is 4.96. The summed E-state index contributed by atoms with van der Waals surface area (Å²) in [4.78, 5) is 0.0739. The quantitative estimate of drug-likeness (QED) is 0.768. The van der Waals surface area contributed by atoms with E-state index in [2.05, 4.69) is 0 Å². The minimum atomic E-state index is -3.69. The number of nitrogens with zero attached hydrogens (tertiary/aromatic N) is 1. The highest BCUT2D eigenvalue weighted by Crippen LogP contribution is 2.29. The Morgan fingerprint density at radius 2 is 1.95 bits per heavy atom. The molecule has 1 aromatic carbocycles. The monoisotopic (exact) mass is 302 g/mol. The molecule has 0 aliphatic heterocycles. The summed E-state index contributed by atoms with van der Waals surface area (Å²) >= 11 is 0. The van der Waals surface area contributed by atoms with Crippen molar-refractivity contribution in [2.45, 2.75) is 24.8 Å². The minimum absolute atomic E-state index is 0.0739. The average molecular weight is 302 g/mol. The van der Waals surface area contributed by atoms with E-state index in [9.17, 15) is 8.42 Å². The van der Waals surface area contributed by atoms with E-state index in [0.29, 0.717) is 12.3 Å². The number of hydrogen-bond acceptors (Lipinski definition) is 5. The maximum atomic E-state index is 12.7. The van der Waals surface area contributed by atoms with Crippen molar-refractivity contribution in [1.29, 1.82) is 0 Å². The van der Waals surface area contributed by atoms with Gasteiger partial charge in [-0.1, -0.05) is 0 Å². The molecule has 1 rings (SSSR count). The zero-order valence-corrected chi connectivity index (χ0v) is 13.1. The summed E-state index contributed by atoms with van der Waals surface area (Å²) in [7, 11) is -0.726. The largest absolute Gasteiger partial charge is 0.495 e. The van der Waals surface area contributed by atoms with Crippen LogP contribution in [0, 0.1) is 0 Å². The normalized spacial score (nSPS) is 12.1. The van der Waals surface area contributed by atoms with Gasteiger partial charge >= 0.3 is 0 Å². The van der Waals surface area contributed by atoms with Gasteiger partial charge in [-0.3, -0.25) is 0 Å². The first-order valence-corrected chi connectivity index (χ1v) is 7.73. The fraction of sp³-hybridized carbons (Fsp3) is 0.538. The molecule has 2 N–H and O–H groups in total. The van der Waals surface area contributed by atoms with E-state index in [0.717, 1.165) is 0 Å². The highest BCUT2D eigenvalue weighted by Gasteiger charge is 2.29. The molecule has 0 aromatic heterocycles. The lowest BCUT2D eigenvalue weighted by atomic mass is 10.3. The molecule has 0 radical (unpaired) electrons. The molecule has 6 nitrogen and oxygen atoms in total. The SMILES string of the molecule is COCCN(C(C)C)S(=O)(=O)c1cc(N)ccc1OC. The number of nitrogen functional groups attached to an aromatic ring is 1. The van der Waals surface area contributed by atoms with Crippen LogP contribution in [0.15, 0.2) is 23.1 Å². The summed E-state index contributed by atoms with van der Waals surface area (Å²) in [6.07, 6.45) is 0. The van der Waals surface area contributed by atoms with Gasteiger partial charge < -0.3 is 15.2 Å². The van der Waals surface area contributed by atoms with Gasteiger partial charge in [-0.05, 0) is 32.0 Å². The first-order chi connectivity index (χ1) is 9.34. The van der Waals surface area contributed by atoms with Crippen LogP contribution in [0.25, 0.3) is 0 Å². The molecule has 0 aliphatic rings. The Balaban J connectivity index is 3.28. The van der Waals surface area contributed by atoms with Crippen LogP contribution in [0.5, 0.6) is 5.75 Å². The summed E-state index contributed by atoms with van der Waals surface area (Å²) in [5.74, 6) is 0.280. The first kappa shape index (κ1) is 16.7. The number of anilines is 1. The zero-order chi connectivity index (χ0) is 15.3. The molecule has 0 unspecified atom stereocenters. The summed E-state index contributed by atoms with van der Waals surface area (Å²) in [5, 5.41) is 0. The van der Waals surface area contributed by atoms with E-state index in [1.807, 2.05) is 13.8 Å². The van der Waals surface area contributed by atoms with Crippen molar-refractivity contribution in [1.82, 2.24) is 4.31 Å². The molecule has 0 aliphatic carbocycles. The summed E-state index contributed by atoms with van der Waals surface area (Å²) in [6.45, 7) is 4.22. The molecule has 7 heteroatoms. The summed E-state index contributed by atoms with van der Waals surface area (Å²) in [5.41, 5.74) is 6.07. The molecule has 0 fully saturated rings. The van der Waals surface area contributed by atoms with Gasteiger partial charge in [0.1, 0.15) is 10.6 Å². The average Bonchev–Trinajstić information content (AvgIpc) is 2.38. The Hall–Kier alpha value is -1.31. The van der Waals surface area contributed by atoms with Crippen molar-refractivity contribution in [2.24, 2.45) is 0 Å². The zero-order valence-electron chi connectivity index (χ0n) is 12.3. The van der Waals surface area contributed by atoms with Gasteiger partial charge in [-0.15, -0.1) is 0 Å². The van der Waals surface area contributed by atoms with Crippen LogP contribution >= 0.6 is 0 Å². The lowest BCUT2D eigenvalue weighted by Crippen LogP contribution is -2.39. The molecule has 0 amide bonds. The van der Waals surface area contributed by atoms with Gasteiger partial charge in [0.15, 0.2) is 0 Å². The van der Waals surface area contributed by atoms with Crippen LogP contribution in [-0.2, 0) is 14.8 Å². The lowest BCUT2D eigenvalue weighted by Gasteiger charge is -2.26. The van der Waals surface area contributed by atoms with Crippen LogP contribution in [-0.4, -0.2) is 46.1 Å². The Morgan fingerprint density at radius 1 is 1.30 bits per heavy atom.